The molecule has 3 heterocycles. The molecule has 160 valence electrons. The summed E-state index contributed by atoms with van der Waals surface area (Å²) >= 11 is 6.36. The number of nitrogens with two attached hydrogens (primary N) is 1. The number of methoxy groups -OCH3 is 1. The molecule has 2 N–H and O–H groups in total. The van der Waals surface area contributed by atoms with Crippen molar-refractivity contribution in [3.63, 3.8) is 0 Å². The van der Waals surface area contributed by atoms with Crippen LogP contribution in [0.5, 0.6) is 5.75 Å². The van der Waals surface area contributed by atoms with Crippen molar-refractivity contribution < 1.29 is 9.13 Å². The molecule has 9 heteroatoms. The molecular weight excluding hydrogens is 407 g/mol. The van der Waals surface area contributed by atoms with Crippen LogP contribution >= 0.6 is 11.6 Å². The first-order valence-corrected chi connectivity index (χ1v) is 10.4. The van der Waals surface area contributed by atoms with Crippen LogP contribution in [0.3, 0.4) is 0 Å². The molecule has 2 aromatic heterocycles. The largest absolute Gasteiger partial charge is 0.496 e. The molecule has 1 saturated heterocycles. The van der Waals surface area contributed by atoms with Gasteiger partial charge in [0.05, 0.1) is 29.3 Å². The molecule has 1 fully saturated rings. The number of hydrogen-bond acceptors (Lipinski definition) is 6. The minimum Gasteiger partial charge on any atom is -0.496 e. The first-order valence-electron chi connectivity index (χ1n) is 10.0. The van der Waals surface area contributed by atoms with E-state index >= 15 is 4.39 Å². The van der Waals surface area contributed by atoms with Gasteiger partial charge in [0, 0.05) is 29.8 Å². The molecule has 7 nitrogen and oxygen atoms in total. The van der Waals surface area contributed by atoms with Gasteiger partial charge in [0.15, 0.2) is 5.65 Å². The summed E-state index contributed by atoms with van der Waals surface area (Å²) in [7, 11) is 1.56. The van der Waals surface area contributed by atoms with Gasteiger partial charge in [-0.05, 0) is 40.2 Å². The maximum absolute atomic E-state index is 15.2. The van der Waals surface area contributed by atoms with Gasteiger partial charge in [-0.3, -0.25) is 4.90 Å². The van der Waals surface area contributed by atoms with Gasteiger partial charge >= 0.3 is 0 Å². The zero-order valence-electron chi connectivity index (χ0n) is 17.8. The van der Waals surface area contributed by atoms with E-state index in [2.05, 4.69) is 33.8 Å². The summed E-state index contributed by atoms with van der Waals surface area (Å²) in [5, 5.41) is 5.42. The number of fused-ring (bicyclic) bond motifs is 1. The van der Waals surface area contributed by atoms with Crippen LogP contribution in [0.15, 0.2) is 12.4 Å². The quantitative estimate of drug-likeness (QED) is 0.647. The van der Waals surface area contributed by atoms with Crippen molar-refractivity contribution in [2.24, 2.45) is 0 Å². The molecule has 0 aliphatic carbocycles. The molecule has 0 amide bonds. The summed E-state index contributed by atoms with van der Waals surface area (Å²) in [6, 6.07) is 1.54. The molecule has 4 rings (SSSR count). The second kappa shape index (κ2) is 7.67. The summed E-state index contributed by atoms with van der Waals surface area (Å²) in [5.41, 5.74) is 8.64. The predicted octanol–water partition coefficient (Wildman–Crippen LogP) is 4.28. The number of nitrogen functional groups attached to an aromatic ring is 1. The third-order valence-electron chi connectivity index (χ3n) is 6.01. The topological polar surface area (TPSA) is 82.1 Å². The Labute approximate surface area is 180 Å². The first kappa shape index (κ1) is 20.8. The lowest BCUT2D eigenvalue weighted by Crippen LogP contribution is -2.45. The number of hydrogen-bond donors (Lipinski definition) is 1. The minimum absolute atomic E-state index is 0.0707. The Bertz CT molecular complexity index is 1110. The fraction of sp³-hybridized carbons (Fsp3) is 0.476. The molecular formula is C21H26ClFN6O. The van der Waals surface area contributed by atoms with Gasteiger partial charge in [-0.1, -0.05) is 11.6 Å². The molecule has 0 bridgehead atoms. The van der Waals surface area contributed by atoms with Gasteiger partial charge in [-0.15, -0.1) is 0 Å². The maximum Gasteiger partial charge on any atom is 0.164 e. The lowest BCUT2D eigenvalue weighted by molar-refractivity contribution is 0.0517. The van der Waals surface area contributed by atoms with E-state index in [1.54, 1.807) is 17.9 Å². The van der Waals surface area contributed by atoms with E-state index in [-0.39, 0.29) is 17.1 Å². The van der Waals surface area contributed by atoms with Crippen molar-refractivity contribution in [3.8, 4) is 5.75 Å². The normalized spacial score (nSPS) is 18.1. The van der Waals surface area contributed by atoms with Gasteiger partial charge in [0.25, 0.3) is 0 Å². The van der Waals surface area contributed by atoms with Crippen molar-refractivity contribution in [2.75, 3.05) is 19.4 Å². The lowest BCUT2D eigenvalue weighted by Gasteiger charge is -2.45. The van der Waals surface area contributed by atoms with E-state index in [1.165, 1.54) is 6.33 Å². The molecule has 0 spiro atoms. The smallest absolute Gasteiger partial charge is 0.164 e. The van der Waals surface area contributed by atoms with Crippen LogP contribution in [0.2, 0.25) is 5.02 Å². The van der Waals surface area contributed by atoms with Crippen LogP contribution in [0.4, 0.5) is 10.2 Å². The Balaban J connectivity index is 1.89. The molecule has 1 aliphatic rings. The Kier molecular flexibility index (Phi) is 5.32. The summed E-state index contributed by atoms with van der Waals surface area (Å²) in [4.78, 5) is 10.7. The number of halogens is 2. The fourth-order valence-corrected chi connectivity index (χ4v) is 4.61. The van der Waals surface area contributed by atoms with Crippen LogP contribution in [-0.4, -0.2) is 44.3 Å². The third-order valence-corrected chi connectivity index (χ3v) is 6.28. The lowest BCUT2D eigenvalue weighted by atomic mass is 9.89. The molecule has 0 saturated carbocycles. The average Bonchev–Trinajstić information content (AvgIpc) is 3.01. The monoisotopic (exact) mass is 432 g/mol. The Morgan fingerprint density at radius 2 is 2.03 bits per heavy atom. The van der Waals surface area contributed by atoms with Crippen LogP contribution in [-0.2, 0) is 0 Å². The number of ether oxygens (including phenoxy) is 1. The summed E-state index contributed by atoms with van der Waals surface area (Å²) in [5.74, 6) is 0.457. The molecule has 1 aromatic carbocycles. The van der Waals surface area contributed by atoms with Crippen LogP contribution in [0.1, 0.15) is 56.1 Å². The number of likely N-dealkylation sites (tertiary alicyclic amines) is 1. The molecule has 0 radical (unpaired) electrons. The van der Waals surface area contributed by atoms with E-state index in [4.69, 9.17) is 22.1 Å². The molecule has 2 unspecified atom stereocenters. The standard InChI is InChI=1S/C21H26ClFN6O/c1-10(2)28-7-6-15(28)17-18(23)14(22)8-13(19(17)30-5)12(4)29-21-16(11(3)27-29)20(24)25-9-26-21/h8-10,12,15H,6-7H2,1-5H3,(H2,24,25,26). The maximum atomic E-state index is 15.2. The number of aryl methyl sites for hydroxylation is 1. The highest BCUT2D eigenvalue weighted by molar-refractivity contribution is 6.31. The zero-order valence-corrected chi connectivity index (χ0v) is 18.5. The highest BCUT2D eigenvalue weighted by atomic mass is 35.5. The van der Waals surface area contributed by atoms with Crippen LogP contribution in [0, 0.1) is 12.7 Å². The average molecular weight is 433 g/mol. The van der Waals surface area contributed by atoms with E-state index < -0.39 is 5.82 Å². The second-order valence-electron chi connectivity index (χ2n) is 8.01. The number of nitrogens with zero attached hydrogens (tertiary/aromatic N) is 5. The van der Waals surface area contributed by atoms with Gasteiger partial charge in [0.1, 0.15) is 23.7 Å². The highest BCUT2D eigenvalue weighted by Crippen LogP contribution is 2.46. The van der Waals surface area contributed by atoms with Crippen molar-refractivity contribution in [3.05, 3.63) is 40.1 Å². The summed E-state index contributed by atoms with van der Waals surface area (Å²) in [6.45, 7) is 8.95. The number of benzene rings is 1. The van der Waals surface area contributed by atoms with Crippen molar-refractivity contribution in [2.45, 2.75) is 52.2 Å². The van der Waals surface area contributed by atoms with Crippen LogP contribution in [0.25, 0.3) is 11.0 Å². The highest BCUT2D eigenvalue weighted by Gasteiger charge is 2.37. The predicted molar refractivity (Wildman–Crippen MR) is 115 cm³/mol. The van der Waals surface area contributed by atoms with Crippen molar-refractivity contribution in [1.29, 1.82) is 0 Å². The van der Waals surface area contributed by atoms with Crippen molar-refractivity contribution in [1.82, 2.24) is 24.6 Å². The van der Waals surface area contributed by atoms with Gasteiger partial charge in [0.2, 0.25) is 0 Å². The molecule has 3 aromatic rings. The van der Waals surface area contributed by atoms with E-state index in [0.29, 0.717) is 34.2 Å². The Morgan fingerprint density at radius 3 is 2.63 bits per heavy atom. The van der Waals surface area contributed by atoms with Gasteiger partial charge in [-0.25, -0.2) is 19.0 Å². The molecule has 1 aliphatic heterocycles. The summed E-state index contributed by atoms with van der Waals surface area (Å²) < 4.78 is 22.7. The van der Waals surface area contributed by atoms with Crippen LogP contribution < -0.4 is 10.5 Å². The number of rotatable bonds is 5. The van der Waals surface area contributed by atoms with Gasteiger partial charge in [-0.2, -0.15) is 5.10 Å². The fourth-order valence-electron chi connectivity index (χ4n) is 4.39. The van der Waals surface area contributed by atoms with E-state index in [1.807, 2.05) is 13.8 Å². The third kappa shape index (κ3) is 3.09. The Hall–Kier alpha value is -2.45. The van der Waals surface area contributed by atoms with E-state index in [0.717, 1.165) is 24.2 Å². The summed E-state index contributed by atoms with van der Waals surface area (Å²) in [6.07, 6.45) is 2.27. The van der Waals surface area contributed by atoms with Crippen molar-refractivity contribution >= 4 is 28.5 Å². The zero-order chi connectivity index (χ0) is 21.7. The minimum atomic E-state index is -0.423. The van der Waals surface area contributed by atoms with E-state index in [9.17, 15) is 0 Å². The SMILES string of the molecule is COc1c(C(C)n2nc(C)c3c(N)ncnc32)cc(Cl)c(F)c1C1CCN1C(C)C. The van der Waals surface area contributed by atoms with Gasteiger partial charge < -0.3 is 10.5 Å². The number of anilines is 1. The number of aromatic nitrogens is 4. The first-order chi connectivity index (χ1) is 14.3. The Morgan fingerprint density at radius 1 is 1.30 bits per heavy atom. The molecule has 2 atom stereocenters. The second-order valence-corrected chi connectivity index (χ2v) is 8.42. The molecule has 30 heavy (non-hydrogen) atoms.